The van der Waals surface area contributed by atoms with Crippen molar-refractivity contribution in [3.8, 4) is 5.75 Å². The van der Waals surface area contributed by atoms with E-state index in [9.17, 15) is 9.59 Å². The summed E-state index contributed by atoms with van der Waals surface area (Å²) < 4.78 is 5.56. The maximum absolute atomic E-state index is 12.6. The summed E-state index contributed by atoms with van der Waals surface area (Å²) in [5.41, 5.74) is 0.896. The first kappa shape index (κ1) is 18.0. The molecule has 0 unspecified atom stereocenters. The van der Waals surface area contributed by atoms with Crippen LogP contribution in [0.25, 0.3) is 6.08 Å². The summed E-state index contributed by atoms with van der Waals surface area (Å²) in [6, 6.07) is 7.59. The zero-order chi connectivity index (χ0) is 17.6. The Hall–Kier alpha value is -1.79. The van der Waals surface area contributed by atoms with Crippen molar-refractivity contribution in [2.45, 2.75) is 32.6 Å². The lowest BCUT2D eigenvalue weighted by Crippen LogP contribution is -2.42. The van der Waals surface area contributed by atoms with Gasteiger partial charge >= 0.3 is 0 Å². The van der Waals surface area contributed by atoms with Gasteiger partial charge in [0, 0.05) is 0 Å². The molecule has 0 radical (unpaired) electrons. The average molecular weight is 360 g/mol. The molecule has 1 aromatic carbocycles. The van der Waals surface area contributed by atoms with E-state index in [2.05, 4.69) is 11.8 Å². The lowest BCUT2D eigenvalue weighted by molar-refractivity contribution is -0.124. The fourth-order valence-corrected chi connectivity index (χ4v) is 3.79. The summed E-state index contributed by atoms with van der Waals surface area (Å²) in [6.45, 7) is 5.08. The first-order valence-corrected chi connectivity index (χ1v) is 9.69. The van der Waals surface area contributed by atoms with Crippen molar-refractivity contribution in [3.63, 3.8) is 0 Å². The minimum atomic E-state index is -0.188. The molecule has 3 rings (SSSR count). The fraction of sp³-hybridized carbons (Fsp3) is 0.474. The summed E-state index contributed by atoms with van der Waals surface area (Å²) in [6.07, 6.45) is 6.25. The Morgan fingerprint density at radius 3 is 2.52 bits per heavy atom. The highest BCUT2D eigenvalue weighted by Gasteiger charge is 2.36. The van der Waals surface area contributed by atoms with Gasteiger partial charge in [-0.3, -0.25) is 19.4 Å². The van der Waals surface area contributed by atoms with Crippen molar-refractivity contribution < 1.29 is 14.3 Å². The molecule has 0 saturated carbocycles. The van der Waals surface area contributed by atoms with Gasteiger partial charge in [-0.15, -0.1) is 0 Å². The van der Waals surface area contributed by atoms with Crippen LogP contribution in [0.2, 0.25) is 0 Å². The molecular formula is C19H24N2O3S. The van der Waals surface area contributed by atoms with Gasteiger partial charge in [0.25, 0.3) is 11.1 Å². The largest absolute Gasteiger partial charge is 0.494 e. The first-order chi connectivity index (χ1) is 12.2. The number of thioether (sulfide) groups is 1. The van der Waals surface area contributed by atoms with E-state index in [1.54, 1.807) is 6.08 Å². The quantitative estimate of drug-likeness (QED) is 0.719. The van der Waals surface area contributed by atoms with Crippen LogP contribution in [0.1, 0.15) is 38.2 Å². The van der Waals surface area contributed by atoms with Gasteiger partial charge < -0.3 is 4.74 Å². The number of piperidine rings is 1. The number of ether oxygens (including phenoxy) is 1. The highest BCUT2D eigenvalue weighted by Crippen LogP contribution is 2.32. The lowest BCUT2D eigenvalue weighted by Gasteiger charge is -2.29. The standard InChI is InChI=1S/C19H24N2O3S/c1-2-12-24-16-8-6-15(7-9-16)13-17-18(22)21(19(23)25-17)14-20-10-4-3-5-11-20/h6-9,13H,2-5,10-12,14H2,1H3/b17-13-. The molecule has 134 valence electrons. The highest BCUT2D eigenvalue weighted by atomic mass is 32.2. The number of carbonyl (C=O) groups excluding carboxylic acids is 2. The van der Waals surface area contributed by atoms with Gasteiger partial charge in [-0.1, -0.05) is 25.5 Å². The molecule has 2 heterocycles. The number of nitrogens with zero attached hydrogens (tertiary/aromatic N) is 2. The smallest absolute Gasteiger partial charge is 0.294 e. The van der Waals surface area contributed by atoms with Crippen LogP contribution in [0.15, 0.2) is 29.2 Å². The van der Waals surface area contributed by atoms with Gasteiger partial charge in [0.2, 0.25) is 0 Å². The van der Waals surface area contributed by atoms with E-state index >= 15 is 0 Å². The molecule has 0 N–H and O–H groups in total. The molecule has 0 bridgehead atoms. The predicted octanol–water partition coefficient (Wildman–Crippen LogP) is 3.96. The zero-order valence-electron chi connectivity index (χ0n) is 14.6. The molecule has 2 aliphatic rings. The number of hydrogen-bond donors (Lipinski definition) is 0. The Labute approximate surface area is 153 Å². The Bertz CT molecular complexity index is 651. The molecule has 5 nitrogen and oxygen atoms in total. The summed E-state index contributed by atoms with van der Waals surface area (Å²) in [7, 11) is 0. The van der Waals surface area contributed by atoms with Crippen LogP contribution in [0.3, 0.4) is 0 Å². The second kappa shape index (κ2) is 8.54. The number of amides is 2. The molecule has 1 aromatic rings. The number of rotatable bonds is 6. The van der Waals surface area contributed by atoms with Crippen LogP contribution in [0.4, 0.5) is 4.79 Å². The van der Waals surface area contributed by atoms with Crippen molar-refractivity contribution in [1.82, 2.24) is 9.80 Å². The van der Waals surface area contributed by atoms with Crippen LogP contribution >= 0.6 is 11.8 Å². The predicted molar refractivity (Wildman–Crippen MR) is 100 cm³/mol. The Balaban J connectivity index is 1.65. The minimum absolute atomic E-state index is 0.176. The number of imide groups is 1. The first-order valence-electron chi connectivity index (χ1n) is 8.88. The van der Waals surface area contributed by atoms with E-state index in [1.807, 2.05) is 24.3 Å². The van der Waals surface area contributed by atoms with Crippen molar-refractivity contribution in [2.75, 3.05) is 26.4 Å². The van der Waals surface area contributed by atoms with E-state index in [-0.39, 0.29) is 11.1 Å². The third kappa shape index (κ3) is 4.64. The Kier molecular flexibility index (Phi) is 6.15. The van der Waals surface area contributed by atoms with E-state index in [1.165, 1.54) is 11.3 Å². The zero-order valence-corrected chi connectivity index (χ0v) is 15.4. The van der Waals surface area contributed by atoms with E-state index < -0.39 is 0 Å². The normalized spacial score (nSPS) is 20.5. The highest BCUT2D eigenvalue weighted by molar-refractivity contribution is 8.18. The summed E-state index contributed by atoms with van der Waals surface area (Å²) in [5, 5.41) is -0.176. The van der Waals surface area contributed by atoms with Crippen molar-refractivity contribution >= 4 is 29.0 Å². The van der Waals surface area contributed by atoms with E-state index in [4.69, 9.17) is 4.74 Å². The molecule has 2 amide bonds. The van der Waals surface area contributed by atoms with E-state index in [0.717, 1.165) is 55.4 Å². The molecule has 0 atom stereocenters. The molecular weight excluding hydrogens is 336 g/mol. The topological polar surface area (TPSA) is 49.9 Å². The van der Waals surface area contributed by atoms with Crippen LogP contribution < -0.4 is 4.74 Å². The van der Waals surface area contributed by atoms with Gasteiger partial charge in [0.1, 0.15) is 5.75 Å². The lowest BCUT2D eigenvalue weighted by atomic mass is 10.1. The molecule has 0 aliphatic carbocycles. The maximum atomic E-state index is 12.6. The third-order valence-corrected chi connectivity index (χ3v) is 5.22. The Morgan fingerprint density at radius 1 is 1.12 bits per heavy atom. The van der Waals surface area contributed by atoms with Gasteiger partial charge in [0.05, 0.1) is 18.2 Å². The van der Waals surface area contributed by atoms with Crippen molar-refractivity contribution in [3.05, 3.63) is 34.7 Å². The summed E-state index contributed by atoms with van der Waals surface area (Å²) in [5.74, 6) is 0.629. The monoisotopic (exact) mass is 360 g/mol. The molecule has 2 saturated heterocycles. The number of benzene rings is 1. The fourth-order valence-electron chi connectivity index (χ4n) is 2.95. The van der Waals surface area contributed by atoms with Gasteiger partial charge in [0.15, 0.2) is 0 Å². The SMILES string of the molecule is CCCOc1ccc(/C=C2\SC(=O)N(CN3CCCCC3)C2=O)cc1. The number of carbonyl (C=O) groups is 2. The molecule has 25 heavy (non-hydrogen) atoms. The second-order valence-electron chi connectivity index (χ2n) is 6.35. The van der Waals surface area contributed by atoms with Crippen molar-refractivity contribution in [1.29, 1.82) is 0 Å². The van der Waals surface area contributed by atoms with Gasteiger partial charge in [-0.2, -0.15) is 0 Å². The summed E-state index contributed by atoms with van der Waals surface area (Å²) >= 11 is 1.02. The van der Waals surface area contributed by atoms with E-state index in [0.29, 0.717) is 18.2 Å². The average Bonchev–Trinajstić information content (AvgIpc) is 2.89. The van der Waals surface area contributed by atoms with Crippen LogP contribution in [0.5, 0.6) is 5.75 Å². The second-order valence-corrected chi connectivity index (χ2v) is 7.34. The van der Waals surface area contributed by atoms with Crippen LogP contribution in [-0.2, 0) is 4.79 Å². The number of hydrogen-bond acceptors (Lipinski definition) is 5. The molecule has 0 spiro atoms. The minimum Gasteiger partial charge on any atom is -0.494 e. The number of likely N-dealkylation sites (tertiary alicyclic amines) is 1. The third-order valence-electron chi connectivity index (χ3n) is 4.31. The van der Waals surface area contributed by atoms with Gasteiger partial charge in [-0.05, 0) is 67.9 Å². The molecule has 2 aliphatic heterocycles. The maximum Gasteiger partial charge on any atom is 0.294 e. The summed E-state index contributed by atoms with van der Waals surface area (Å²) in [4.78, 5) is 28.8. The van der Waals surface area contributed by atoms with Crippen molar-refractivity contribution in [2.24, 2.45) is 0 Å². The van der Waals surface area contributed by atoms with Crippen LogP contribution in [-0.4, -0.2) is 47.3 Å². The Morgan fingerprint density at radius 2 is 1.84 bits per heavy atom. The molecule has 6 heteroatoms. The molecule has 0 aromatic heterocycles. The van der Waals surface area contributed by atoms with Crippen LogP contribution in [0, 0.1) is 0 Å². The molecule has 2 fully saturated rings. The van der Waals surface area contributed by atoms with Gasteiger partial charge in [-0.25, -0.2) is 0 Å².